The van der Waals surface area contributed by atoms with Gasteiger partial charge >= 0.3 is 5.97 Å². The second-order valence-corrected chi connectivity index (χ2v) is 8.40. The first-order valence-corrected chi connectivity index (χ1v) is 11.0. The number of esters is 1. The Balaban J connectivity index is 1.52. The van der Waals surface area contributed by atoms with Crippen molar-refractivity contribution in [2.24, 2.45) is 0 Å². The standard InChI is InChI=1S/C26H23N5O3/c1-15(2)31-24-20(13-27-31)19(12-21(28-24)17-9-5-4-6-10-17)26(33)34-14-22-29-23-16(3)8-7-11-18(23)25(32)30-22/h4-13,15H,14H2,1-3H3,(H,29,30,32). The fraction of sp³-hybridized carbons (Fsp3) is 0.192. The monoisotopic (exact) mass is 453 g/mol. The lowest BCUT2D eigenvalue weighted by molar-refractivity contribution is 0.0464. The topological polar surface area (TPSA) is 103 Å². The zero-order chi connectivity index (χ0) is 23.8. The Bertz CT molecular complexity index is 1590. The Labute approximate surface area is 195 Å². The van der Waals surface area contributed by atoms with E-state index >= 15 is 0 Å². The van der Waals surface area contributed by atoms with Gasteiger partial charge in [-0.3, -0.25) is 4.79 Å². The number of fused-ring (bicyclic) bond motifs is 2. The molecule has 5 rings (SSSR count). The van der Waals surface area contributed by atoms with Crippen molar-refractivity contribution in [3.8, 4) is 11.3 Å². The van der Waals surface area contributed by atoms with Gasteiger partial charge in [0, 0.05) is 11.6 Å². The quantitative estimate of drug-likeness (QED) is 0.391. The molecule has 0 spiro atoms. The number of benzene rings is 2. The summed E-state index contributed by atoms with van der Waals surface area (Å²) in [5.41, 5.74) is 3.69. The van der Waals surface area contributed by atoms with Gasteiger partial charge in [-0.25, -0.2) is 19.4 Å². The van der Waals surface area contributed by atoms with E-state index in [9.17, 15) is 9.59 Å². The van der Waals surface area contributed by atoms with Gasteiger partial charge in [0.1, 0.15) is 12.4 Å². The van der Waals surface area contributed by atoms with Crippen molar-refractivity contribution < 1.29 is 9.53 Å². The third-order valence-electron chi connectivity index (χ3n) is 5.67. The van der Waals surface area contributed by atoms with Crippen LogP contribution in [0.5, 0.6) is 0 Å². The number of aromatic amines is 1. The molecule has 8 nitrogen and oxygen atoms in total. The number of rotatable bonds is 5. The van der Waals surface area contributed by atoms with Crippen molar-refractivity contribution in [3.63, 3.8) is 0 Å². The summed E-state index contributed by atoms with van der Waals surface area (Å²) in [5, 5.41) is 5.54. The number of H-pyrrole nitrogens is 1. The van der Waals surface area contributed by atoms with E-state index in [1.54, 1.807) is 23.0 Å². The van der Waals surface area contributed by atoms with Crippen molar-refractivity contribution in [2.75, 3.05) is 0 Å². The summed E-state index contributed by atoms with van der Waals surface area (Å²) < 4.78 is 7.37. The first kappa shape index (κ1) is 21.5. The second-order valence-electron chi connectivity index (χ2n) is 8.40. The molecule has 0 saturated heterocycles. The number of carbonyl (C=O) groups is 1. The van der Waals surface area contributed by atoms with Crippen LogP contribution in [0.4, 0.5) is 0 Å². The van der Waals surface area contributed by atoms with E-state index in [0.29, 0.717) is 33.2 Å². The van der Waals surface area contributed by atoms with E-state index in [1.807, 2.05) is 63.2 Å². The molecule has 3 aromatic heterocycles. The Morgan fingerprint density at radius 2 is 1.85 bits per heavy atom. The SMILES string of the molecule is Cc1cccc2c(=O)[nH]c(COC(=O)c3cc(-c4ccccc4)nc4c3cnn4C(C)C)nc12. The van der Waals surface area contributed by atoms with Gasteiger partial charge in [-0.1, -0.05) is 42.5 Å². The van der Waals surface area contributed by atoms with Crippen molar-refractivity contribution in [2.45, 2.75) is 33.4 Å². The molecule has 170 valence electrons. The van der Waals surface area contributed by atoms with Crippen LogP contribution in [0.3, 0.4) is 0 Å². The third-order valence-corrected chi connectivity index (χ3v) is 5.67. The number of ether oxygens (including phenoxy) is 1. The summed E-state index contributed by atoms with van der Waals surface area (Å²) in [7, 11) is 0. The molecule has 0 atom stereocenters. The molecule has 0 unspecified atom stereocenters. The molecule has 1 N–H and O–H groups in total. The lowest BCUT2D eigenvalue weighted by atomic mass is 10.1. The third kappa shape index (κ3) is 3.83. The highest BCUT2D eigenvalue weighted by Crippen LogP contribution is 2.27. The smallest absolute Gasteiger partial charge is 0.339 e. The Morgan fingerprint density at radius 3 is 2.62 bits per heavy atom. The number of nitrogens with one attached hydrogen (secondary N) is 1. The molecule has 0 bridgehead atoms. The number of carbonyl (C=O) groups excluding carboxylic acids is 1. The van der Waals surface area contributed by atoms with Crippen molar-refractivity contribution in [1.82, 2.24) is 24.7 Å². The van der Waals surface area contributed by atoms with Crippen LogP contribution in [-0.2, 0) is 11.3 Å². The maximum absolute atomic E-state index is 13.2. The van der Waals surface area contributed by atoms with Crippen LogP contribution in [0.2, 0.25) is 0 Å². The number of aromatic nitrogens is 5. The molecule has 3 heterocycles. The number of hydrogen-bond donors (Lipinski definition) is 1. The van der Waals surface area contributed by atoms with Gasteiger partial charge in [0.25, 0.3) is 5.56 Å². The van der Waals surface area contributed by atoms with Crippen LogP contribution in [-0.4, -0.2) is 30.7 Å². The minimum Gasteiger partial charge on any atom is -0.454 e. The molecule has 0 aliphatic rings. The zero-order valence-electron chi connectivity index (χ0n) is 19.1. The summed E-state index contributed by atoms with van der Waals surface area (Å²) in [5.74, 6) is -0.257. The number of pyridine rings is 1. The summed E-state index contributed by atoms with van der Waals surface area (Å²) in [4.78, 5) is 37.6. The predicted octanol–water partition coefficient (Wildman–Crippen LogP) is 4.58. The summed E-state index contributed by atoms with van der Waals surface area (Å²) in [6.45, 7) is 5.73. The van der Waals surface area contributed by atoms with Gasteiger partial charge < -0.3 is 9.72 Å². The second kappa shape index (κ2) is 8.55. The van der Waals surface area contributed by atoms with Crippen LogP contribution in [0.25, 0.3) is 33.2 Å². The molecule has 8 heteroatoms. The van der Waals surface area contributed by atoms with Gasteiger partial charge in [0.05, 0.1) is 33.7 Å². The number of para-hydroxylation sites is 1. The summed E-state index contributed by atoms with van der Waals surface area (Å²) in [6.07, 6.45) is 1.63. The van der Waals surface area contributed by atoms with Gasteiger partial charge in [-0.05, 0) is 38.5 Å². The highest BCUT2D eigenvalue weighted by atomic mass is 16.5. The van der Waals surface area contributed by atoms with Crippen molar-refractivity contribution in [3.05, 3.63) is 88.1 Å². The van der Waals surface area contributed by atoms with Gasteiger partial charge in [-0.2, -0.15) is 5.10 Å². The van der Waals surface area contributed by atoms with Crippen LogP contribution in [0.1, 0.15) is 41.6 Å². The Hall–Kier alpha value is -4.33. The maximum atomic E-state index is 13.2. The molecule has 2 aromatic carbocycles. The first-order chi connectivity index (χ1) is 16.4. The molecule has 0 aliphatic carbocycles. The molecule has 0 fully saturated rings. The zero-order valence-corrected chi connectivity index (χ0v) is 19.1. The molecule has 34 heavy (non-hydrogen) atoms. The molecule has 5 aromatic rings. The lowest BCUT2D eigenvalue weighted by Crippen LogP contribution is -2.15. The number of nitrogens with zero attached hydrogens (tertiary/aromatic N) is 4. The molecular weight excluding hydrogens is 430 g/mol. The summed E-state index contributed by atoms with van der Waals surface area (Å²) in [6, 6.07) is 16.8. The van der Waals surface area contributed by atoms with Gasteiger partial charge in [0.2, 0.25) is 0 Å². The van der Waals surface area contributed by atoms with E-state index in [-0.39, 0.29) is 24.0 Å². The maximum Gasteiger partial charge on any atom is 0.339 e. The normalized spacial score (nSPS) is 11.4. The van der Waals surface area contributed by atoms with E-state index in [2.05, 4.69) is 15.1 Å². The van der Waals surface area contributed by atoms with E-state index in [4.69, 9.17) is 9.72 Å². The first-order valence-electron chi connectivity index (χ1n) is 11.0. The predicted molar refractivity (Wildman–Crippen MR) is 130 cm³/mol. The molecule has 0 radical (unpaired) electrons. The highest BCUT2D eigenvalue weighted by molar-refractivity contribution is 6.03. The van der Waals surface area contributed by atoms with Crippen LogP contribution in [0, 0.1) is 6.92 Å². The molecular formula is C26H23N5O3. The van der Waals surface area contributed by atoms with E-state index in [0.717, 1.165) is 11.1 Å². The van der Waals surface area contributed by atoms with Crippen LogP contribution in [0.15, 0.2) is 65.6 Å². The van der Waals surface area contributed by atoms with Crippen molar-refractivity contribution in [1.29, 1.82) is 0 Å². The minimum absolute atomic E-state index is 0.0648. The lowest BCUT2D eigenvalue weighted by Gasteiger charge is -2.11. The average Bonchev–Trinajstić information content (AvgIpc) is 3.27. The minimum atomic E-state index is -0.541. The highest BCUT2D eigenvalue weighted by Gasteiger charge is 2.20. The van der Waals surface area contributed by atoms with Crippen LogP contribution >= 0.6 is 0 Å². The Kier molecular flexibility index (Phi) is 5.41. The van der Waals surface area contributed by atoms with E-state index < -0.39 is 5.97 Å². The van der Waals surface area contributed by atoms with Gasteiger partial charge in [-0.15, -0.1) is 0 Å². The van der Waals surface area contributed by atoms with E-state index in [1.165, 1.54) is 0 Å². The molecule has 0 aliphatic heterocycles. The fourth-order valence-electron chi connectivity index (χ4n) is 3.95. The number of hydrogen-bond acceptors (Lipinski definition) is 6. The Morgan fingerprint density at radius 1 is 1.06 bits per heavy atom. The molecule has 0 saturated carbocycles. The average molecular weight is 454 g/mol. The fourth-order valence-corrected chi connectivity index (χ4v) is 3.95. The molecule has 0 amide bonds. The van der Waals surface area contributed by atoms with Gasteiger partial charge in [0.15, 0.2) is 5.65 Å². The summed E-state index contributed by atoms with van der Waals surface area (Å²) >= 11 is 0. The van der Waals surface area contributed by atoms with Crippen LogP contribution < -0.4 is 5.56 Å². The number of aryl methyl sites for hydroxylation is 1. The van der Waals surface area contributed by atoms with Crippen molar-refractivity contribution >= 4 is 27.9 Å². The largest absolute Gasteiger partial charge is 0.454 e.